The Morgan fingerprint density at radius 2 is 1.64 bits per heavy atom. The van der Waals surface area contributed by atoms with Crippen LogP contribution in [0.1, 0.15) is 13.8 Å². The highest BCUT2D eigenvalue weighted by Crippen LogP contribution is 1.98. The molecule has 9 heteroatoms. The van der Waals surface area contributed by atoms with Crippen molar-refractivity contribution in [2.45, 2.75) is 20.0 Å². The van der Waals surface area contributed by atoms with E-state index in [-0.39, 0.29) is 6.17 Å². The zero-order chi connectivity index (χ0) is 18.9. The van der Waals surface area contributed by atoms with Crippen molar-refractivity contribution in [3.05, 3.63) is 0 Å². The highest BCUT2D eigenvalue weighted by atomic mass is 15.6. The van der Waals surface area contributed by atoms with E-state index < -0.39 is 0 Å². The lowest BCUT2D eigenvalue weighted by Gasteiger charge is -2.36. The van der Waals surface area contributed by atoms with Gasteiger partial charge in [0.2, 0.25) is 0 Å². The van der Waals surface area contributed by atoms with Crippen molar-refractivity contribution in [2.75, 3.05) is 85.1 Å². The van der Waals surface area contributed by atoms with Crippen LogP contribution in [0.4, 0.5) is 0 Å². The first-order valence-electron chi connectivity index (χ1n) is 9.61. The number of rotatable bonds is 12. The zero-order valence-electron chi connectivity index (χ0n) is 16.4. The Morgan fingerprint density at radius 1 is 1.00 bits per heavy atom. The second-order valence-electron chi connectivity index (χ2n) is 6.14. The van der Waals surface area contributed by atoms with Gasteiger partial charge in [0.25, 0.3) is 0 Å². The molecule has 0 radical (unpaired) electrons. The molecule has 0 aromatic carbocycles. The molecule has 25 heavy (non-hydrogen) atoms. The highest BCUT2D eigenvalue weighted by Gasteiger charge is 2.14. The number of nitrogens with one attached hydrogen (secondary N) is 2. The van der Waals surface area contributed by atoms with Crippen molar-refractivity contribution in [2.24, 2.45) is 22.9 Å². The van der Waals surface area contributed by atoms with Gasteiger partial charge in [0.15, 0.2) is 0 Å². The molecule has 10 N–H and O–H groups in total. The SMILES string of the molecule is CC(N)N(CCN)CCNCCN.CCN(CCN)N1CCNCC1. The molecule has 1 atom stereocenters. The lowest BCUT2D eigenvalue weighted by atomic mass is 10.4. The molecule has 0 saturated carbocycles. The molecule has 152 valence electrons. The fraction of sp³-hybridized carbons (Fsp3) is 1.00. The Kier molecular flexibility index (Phi) is 16.8. The molecule has 1 aliphatic rings. The van der Waals surface area contributed by atoms with Crippen LogP contribution in [0.25, 0.3) is 0 Å². The maximum absolute atomic E-state index is 5.76. The monoisotopic (exact) mass is 361 g/mol. The second kappa shape index (κ2) is 17.1. The van der Waals surface area contributed by atoms with E-state index >= 15 is 0 Å². The molecule has 0 aromatic heterocycles. The van der Waals surface area contributed by atoms with Crippen molar-refractivity contribution in [1.29, 1.82) is 0 Å². The molecule has 0 spiro atoms. The number of hydrazine groups is 1. The molecule has 1 rings (SSSR count). The van der Waals surface area contributed by atoms with E-state index in [0.717, 1.165) is 72.0 Å². The van der Waals surface area contributed by atoms with Gasteiger partial charge in [0.05, 0.1) is 6.17 Å². The molecule has 1 saturated heterocycles. The van der Waals surface area contributed by atoms with Crippen LogP contribution in [0.2, 0.25) is 0 Å². The zero-order valence-corrected chi connectivity index (χ0v) is 16.4. The predicted molar refractivity (Wildman–Crippen MR) is 107 cm³/mol. The summed E-state index contributed by atoms with van der Waals surface area (Å²) in [6.45, 7) is 16.3. The minimum absolute atomic E-state index is 0.0724. The van der Waals surface area contributed by atoms with Gasteiger partial charge in [-0.05, 0) is 6.92 Å². The van der Waals surface area contributed by atoms with E-state index in [2.05, 4.69) is 32.5 Å². The molecule has 1 unspecified atom stereocenters. The van der Waals surface area contributed by atoms with Crippen LogP contribution in [0.3, 0.4) is 0 Å². The molecule has 9 nitrogen and oxygen atoms in total. The molecule has 1 aliphatic heterocycles. The summed E-state index contributed by atoms with van der Waals surface area (Å²) in [5, 5.41) is 11.3. The first-order valence-corrected chi connectivity index (χ1v) is 9.61. The van der Waals surface area contributed by atoms with Crippen LogP contribution in [0.5, 0.6) is 0 Å². The van der Waals surface area contributed by atoms with Gasteiger partial charge in [-0.3, -0.25) is 4.90 Å². The number of piperazine rings is 1. The van der Waals surface area contributed by atoms with Gasteiger partial charge < -0.3 is 33.6 Å². The molecular weight excluding hydrogens is 318 g/mol. The fourth-order valence-electron chi connectivity index (χ4n) is 2.72. The Morgan fingerprint density at radius 3 is 2.12 bits per heavy atom. The average molecular weight is 362 g/mol. The van der Waals surface area contributed by atoms with Crippen molar-refractivity contribution in [1.82, 2.24) is 25.6 Å². The molecule has 0 aromatic rings. The van der Waals surface area contributed by atoms with Crippen LogP contribution in [0.15, 0.2) is 0 Å². The normalized spacial score (nSPS) is 16.8. The molecule has 1 heterocycles. The van der Waals surface area contributed by atoms with Gasteiger partial charge in [-0.25, -0.2) is 10.0 Å². The summed E-state index contributed by atoms with van der Waals surface area (Å²) < 4.78 is 0. The van der Waals surface area contributed by atoms with Gasteiger partial charge >= 0.3 is 0 Å². The van der Waals surface area contributed by atoms with E-state index in [1.807, 2.05) is 6.92 Å². The Labute approximate surface area is 154 Å². The average Bonchev–Trinajstić information content (AvgIpc) is 2.63. The predicted octanol–water partition coefficient (Wildman–Crippen LogP) is -2.81. The van der Waals surface area contributed by atoms with Crippen molar-refractivity contribution in [3.8, 4) is 0 Å². The van der Waals surface area contributed by atoms with Gasteiger partial charge in [-0.2, -0.15) is 0 Å². The fourth-order valence-corrected chi connectivity index (χ4v) is 2.72. The van der Waals surface area contributed by atoms with Gasteiger partial charge in [0.1, 0.15) is 0 Å². The summed E-state index contributed by atoms with van der Waals surface area (Å²) in [5.74, 6) is 0. The molecular formula is C16H43N9. The summed E-state index contributed by atoms with van der Waals surface area (Å²) in [7, 11) is 0. The molecule has 1 fully saturated rings. The summed E-state index contributed by atoms with van der Waals surface area (Å²) in [5.41, 5.74) is 22.1. The lowest BCUT2D eigenvalue weighted by molar-refractivity contribution is -0.0270. The molecule has 0 aliphatic carbocycles. The van der Waals surface area contributed by atoms with Crippen LogP contribution in [-0.4, -0.2) is 106 Å². The number of nitrogens with two attached hydrogens (primary N) is 4. The van der Waals surface area contributed by atoms with Crippen molar-refractivity contribution in [3.63, 3.8) is 0 Å². The summed E-state index contributed by atoms with van der Waals surface area (Å²) >= 11 is 0. The minimum atomic E-state index is 0.0724. The summed E-state index contributed by atoms with van der Waals surface area (Å²) in [6, 6.07) is 0. The molecule has 0 amide bonds. The summed E-state index contributed by atoms with van der Waals surface area (Å²) in [6.07, 6.45) is 0.0724. The number of likely N-dealkylation sites (N-methyl/N-ethyl adjacent to an activating group) is 1. The van der Waals surface area contributed by atoms with Crippen LogP contribution in [-0.2, 0) is 0 Å². The largest absolute Gasteiger partial charge is 0.329 e. The maximum atomic E-state index is 5.76. The third-order valence-electron chi connectivity index (χ3n) is 4.13. The number of hydrogen-bond donors (Lipinski definition) is 6. The van der Waals surface area contributed by atoms with Gasteiger partial charge in [-0.15, -0.1) is 0 Å². The number of hydrogen-bond acceptors (Lipinski definition) is 9. The van der Waals surface area contributed by atoms with Gasteiger partial charge in [-0.1, -0.05) is 6.92 Å². The number of nitrogens with zero attached hydrogens (tertiary/aromatic N) is 3. The maximum Gasteiger partial charge on any atom is 0.0543 e. The Hall–Kier alpha value is -0.360. The van der Waals surface area contributed by atoms with E-state index in [1.54, 1.807) is 0 Å². The Balaban J connectivity index is 0.000000462. The first-order chi connectivity index (χ1) is 12.1. The van der Waals surface area contributed by atoms with Crippen LogP contribution < -0.4 is 33.6 Å². The smallest absolute Gasteiger partial charge is 0.0543 e. The van der Waals surface area contributed by atoms with E-state index in [4.69, 9.17) is 22.9 Å². The van der Waals surface area contributed by atoms with E-state index in [0.29, 0.717) is 13.1 Å². The topological polar surface area (TPSA) is 138 Å². The van der Waals surface area contributed by atoms with E-state index in [1.165, 1.54) is 0 Å². The van der Waals surface area contributed by atoms with E-state index in [9.17, 15) is 0 Å². The quantitative estimate of drug-likeness (QED) is 0.161. The second-order valence-corrected chi connectivity index (χ2v) is 6.14. The van der Waals surface area contributed by atoms with Crippen LogP contribution in [0, 0.1) is 0 Å². The minimum Gasteiger partial charge on any atom is -0.329 e. The highest BCUT2D eigenvalue weighted by molar-refractivity contribution is 4.66. The third kappa shape index (κ3) is 12.6. The Bertz CT molecular complexity index is 270. The van der Waals surface area contributed by atoms with Gasteiger partial charge in [0, 0.05) is 85.1 Å². The standard InChI is InChI=1S/C8H23N5.C8H20N4/c1-8(11)13(6-3-10)7-5-12-4-2-9;1-2-11(6-3-9)12-7-4-10-5-8-12/h8,12H,2-7,9-11H2,1H3;10H,2-9H2,1H3. The summed E-state index contributed by atoms with van der Waals surface area (Å²) in [4.78, 5) is 2.14. The first kappa shape index (κ1) is 24.6. The third-order valence-corrected chi connectivity index (χ3v) is 4.13. The van der Waals surface area contributed by atoms with Crippen molar-refractivity contribution < 1.29 is 0 Å². The van der Waals surface area contributed by atoms with Crippen molar-refractivity contribution >= 4 is 0 Å². The lowest BCUT2D eigenvalue weighted by Crippen LogP contribution is -2.53. The molecule has 0 bridgehead atoms. The van der Waals surface area contributed by atoms with Crippen LogP contribution >= 0.6 is 0 Å².